The van der Waals surface area contributed by atoms with E-state index in [4.69, 9.17) is 0 Å². The standard InChI is InChI=1S/C13H7BrF2O/c14-9-3-1-8(2-4-9)13(17)11-7-10(15)5-6-12(11)16/h1-7H. The van der Waals surface area contributed by atoms with Crippen molar-refractivity contribution in [3.8, 4) is 0 Å². The van der Waals surface area contributed by atoms with Crippen molar-refractivity contribution in [1.82, 2.24) is 0 Å². The second-order valence-electron chi connectivity index (χ2n) is 3.46. The summed E-state index contributed by atoms with van der Waals surface area (Å²) in [5.74, 6) is -1.89. The first-order valence-corrected chi connectivity index (χ1v) is 5.62. The third-order valence-corrected chi connectivity index (χ3v) is 2.81. The van der Waals surface area contributed by atoms with Crippen molar-refractivity contribution in [3.05, 3.63) is 69.7 Å². The number of ketones is 1. The molecule has 0 amide bonds. The summed E-state index contributed by atoms with van der Waals surface area (Å²) >= 11 is 3.23. The molecule has 2 aromatic carbocycles. The lowest BCUT2D eigenvalue weighted by atomic mass is 10.0. The average Bonchev–Trinajstić information content (AvgIpc) is 2.32. The molecule has 1 nitrogen and oxygen atoms in total. The quantitative estimate of drug-likeness (QED) is 0.767. The van der Waals surface area contributed by atoms with Crippen LogP contribution in [-0.2, 0) is 0 Å². The smallest absolute Gasteiger partial charge is 0.196 e. The molecular weight excluding hydrogens is 290 g/mol. The Morgan fingerprint density at radius 1 is 1.00 bits per heavy atom. The molecule has 2 rings (SSSR count). The fourth-order valence-corrected chi connectivity index (χ4v) is 1.69. The van der Waals surface area contributed by atoms with Gasteiger partial charge in [0.2, 0.25) is 0 Å². The molecule has 2 aromatic rings. The van der Waals surface area contributed by atoms with Gasteiger partial charge in [0.25, 0.3) is 0 Å². The summed E-state index contributed by atoms with van der Waals surface area (Å²) in [6.07, 6.45) is 0. The van der Waals surface area contributed by atoms with Crippen LogP contribution in [0.25, 0.3) is 0 Å². The van der Waals surface area contributed by atoms with Crippen LogP contribution in [-0.4, -0.2) is 5.78 Å². The molecule has 0 aliphatic heterocycles. The number of carbonyl (C=O) groups is 1. The van der Waals surface area contributed by atoms with Gasteiger partial charge in [-0.25, -0.2) is 8.78 Å². The molecule has 0 N–H and O–H groups in total. The molecule has 0 radical (unpaired) electrons. The van der Waals surface area contributed by atoms with E-state index in [9.17, 15) is 13.6 Å². The van der Waals surface area contributed by atoms with E-state index in [2.05, 4.69) is 15.9 Å². The minimum Gasteiger partial charge on any atom is -0.288 e. The zero-order chi connectivity index (χ0) is 12.4. The van der Waals surface area contributed by atoms with Crippen LogP contribution in [0, 0.1) is 11.6 Å². The van der Waals surface area contributed by atoms with Crippen molar-refractivity contribution in [2.75, 3.05) is 0 Å². The highest BCUT2D eigenvalue weighted by Gasteiger charge is 2.14. The zero-order valence-electron chi connectivity index (χ0n) is 8.58. The number of carbonyl (C=O) groups excluding carboxylic acids is 1. The normalized spacial score (nSPS) is 10.3. The highest BCUT2D eigenvalue weighted by Crippen LogP contribution is 2.17. The predicted molar refractivity (Wildman–Crippen MR) is 63.9 cm³/mol. The number of benzene rings is 2. The van der Waals surface area contributed by atoms with Gasteiger partial charge < -0.3 is 0 Å². The Morgan fingerprint density at radius 2 is 1.65 bits per heavy atom. The lowest BCUT2D eigenvalue weighted by molar-refractivity contribution is 0.103. The molecule has 0 atom stereocenters. The first kappa shape index (κ1) is 11.9. The van der Waals surface area contributed by atoms with E-state index in [-0.39, 0.29) is 5.56 Å². The van der Waals surface area contributed by atoms with Crippen molar-refractivity contribution >= 4 is 21.7 Å². The average molecular weight is 297 g/mol. The van der Waals surface area contributed by atoms with E-state index >= 15 is 0 Å². The van der Waals surface area contributed by atoms with Gasteiger partial charge in [0.1, 0.15) is 11.6 Å². The Bertz CT molecular complexity index is 564. The van der Waals surface area contributed by atoms with Crippen molar-refractivity contribution in [2.45, 2.75) is 0 Å². The Morgan fingerprint density at radius 3 is 2.29 bits per heavy atom. The molecule has 0 bridgehead atoms. The molecule has 0 saturated heterocycles. The summed E-state index contributed by atoms with van der Waals surface area (Å²) in [6.45, 7) is 0. The van der Waals surface area contributed by atoms with Crippen LogP contribution in [0.3, 0.4) is 0 Å². The lowest BCUT2D eigenvalue weighted by Crippen LogP contribution is -2.04. The topological polar surface area (TPSA) is 17.1 Å². The molecule has 0 unspecified atom stereocenters. The van der Waals surface area contributed by atoms with Gasteiger partial charge in [0.05, 0.1) is 5.56 Å². The molecule has 0 fully saturated rings. The summed E-state index contributed by atoms with van der Waals surface area (Å²) < 4.78 is 27.2. The minimum atomic E-state index is -0.723. The summed E-state index contributed by atoms with van der Waals surface area (Å²) in [5, 5.41) is 0. The first-order valence-electron chi connectivity index (χ1n) is 4.83. The highest BCUT2D eigenvalue weighted by atomic mass is 79.9. The van der Waals surface area contributed by atoms with E-state index in [1.54, 1.807) is 24.3 Å². The summed E-state index contributed by atoms with van der Waals surface area (Å²) in [5.41, 5.74) is 0.0602. The number of hydrogen-bond donors (Lipinski definition) is 0. The maximum absolute atomic E-state index is 13.4. The largest absolute Gasteiger partial charge is 0.288 e. The highest BCUT2D eigenvalue weighted by molar-refractivity contribution is 9.10. The number of rotatable bonds is 2. The van der Waals surface area contributed by atoms with Gasteiger partial charge >= 0.3 is 0 Å². The van der Waals surface area contributed by atoms with Crippen LogP contribution in [0.1, 0.15) is 15.9 Å². The molecule has 0 spiro atoms. The summed E-state index contributed by atoms with van der Waals surface area (Å²) in [4.78, 5) is 11.9. The molecule has 0 aliphatic carbocycles. The van der Waals surface area contributed by atoms with E-state index in [1.165, 1.54) is 0 Å². The lowest BCUT2D eigenvalue weighted by Gasteiger charge is -2.03. The maximum atomic E-state index is 13.4. The maximum Gasteiger partial charge on any atom is 0.196 e. The van der Waals surface area contributed by atoms with Gasteiger partial charge in [-0.15, -0.1) is 0 Å². The third-order valence-electron chi connectivity index (χ3n) is 2.28. The molecule has 86 valence electrons. The van der Waals surface area contributed by atoms with Crippen molar-refractivity contribution in [3.63, 3.8) is 0 Å². The van der Waals surface area contributed by atoms with Crippen LogP contribution < -0.4 is 0 Å². The van der Waals surface area contributed by atoms with E-state index in [1.807, 2.05) is 0 Å². The SMILES string of the molecule is O=C(c1ccc(Br)cc1)c1cc(F)ccc1F. The fourth-order valence-electron chi connectivity index (χ4n) is 1.43. The van der Waals surface area contributed by atoms with E-state index in [0.29, 0.717) is 5.56 Å². The Kier molecular flexibility index (Phi) is 3.33. The van der Waals surface area contributed by atoms with Crippen LogP contribution in [0.15, 0.2) is 46.9 Å². The molecular formula is C13H7BrF2O. The van der Waals surface area contributed by atoms with Crippen molar-refractivity contribution in [1.29, 1.82) is 0 Å². The van der Waals surface area contributed by atoms with Gasteiger partial charge in [-0.2, -0.15) is 0 Å². The van der Waals surface area contributed by atoms with Gasteiger partial charge in [0, 0.05) is 10.0 Å². The van der Waals surface area contributed by atoms with Gasteiger partial charge in [-0.1, -0.05) is 15.9 Å². The predicted octanol–water partition coefficient (Wildman–Crippen LogP) is 3.96. The fraction of sp³-hybridized carbons (Fsp3) is 0. The Balaban J connectivity index is 2.43. The molecule has 0 saturated carbocycles. The molecule has 0 aliphatic rings. The van der Waals surface area contributed by atoms with Crippen LogP contribution in [0.2, 0.25) is 0 Å². The molecule has 17 heavy (non-hydrogen) atoms. The Labute approximate surface area is 105 Å². The minimum absolute atomic E-state index is 0.257. The number of halogens is 3. The summed E-state index contributed by atoms with van der Waals surface area (Å²) in [6, 6.07) is 9.28. The van der Waals surface area contributed by atoms with Gasteiger partial charge in [-0.05, 0) is 42.5 Å². The molecule has 0 heterocycles. The number of hydrogen-bond acceptors (Lipinski definition) is 1. The second kappa shape index (κ2) is 4.75. The first-order chi connectivity index (χ1) is 8.08. The van der Waals surface area contributed by atoms with E-state index in [0.717, 1.165) is 22.7 Å². The van der Waals surface area contributed by atoms with Gasteiger partial charge in [0.15, 0.2) is 5.78 Å². The third kappa shape index (κ3) is 2.58. The van der Waals surface area contributed by atoms with Crippen molar-refractivity contribution < 1.29 is 13.6 Å². The van der Waals surface area contributed by atoms with Crippen LogP contribution in [0.4, 0.5) is 8.78 Å². The monoisotopic (exact) mass is 296 g/mol. The van der Waals surface area contributed by atoms with Gasteiger partial charge in [-0.3, -0.25) is 4.79 Å². The van der Waals surface area contributed by atoms with Crippen molar-refractivity contribution in [2.24, 2.45) is 0 Å². The second-order valence-corrected chi connectivity index (χ2v) is 4.38. The zero-order valence-corrected chi connectivity index (χ0v) is 10.2. The molecule has 0 aromatic heterocycles. The van der Waals surface area contributed by atoms with Crippen LogP contribution >= 0.6 is 15.9 Å². The summed E-state index contributed by atoms with van der Waals surface area (Å²) in [7, 11) is 0. The van der Waals surface area contributed by atoms with E-state index < -0.39 is 17.4 Å². The van der Waals surface area contributed by atoms with Crippen LogP contribution in [0.5, 0.6) is 0 Å². The Hall–Kier alpha value is -1.55. The molecule has 4 heteroatoms.